The summed E-state index contributed by atoms with van der Waals surface area (Å²) in [5, 5.41) is 5.46. The molecule has 0 spiro atoms. The van der Waals surface area contributed by atoms with Crippen molar-refractivity contribution in [3.8, 4) is 11.5 Å². The van der Waals surface area contributed by atoms with Crippen LogP contribution in [-0.2, 0) is 14.3 Å². The lowest BCUT2D eigenvalue weighted by molar-refractivity contribution is -0.137. The topological polar surface area (TPSA) is 127 Å². The second kappa shape index (κ2) is 12.1. The average molecular weight is 503 g/mol. The number of methoxy groups -OCH3 is 3. The van der Waals surface area contributed by atoms with Crippen LogP contribution in [0.5, 0.6) is 11.5 Å². The molecule has 3 amide bonds. The lowest BCUT2D eigenvalue weighted by Gasteiger charge is -2.27. The fourth-order valence-corrected chi connectivity index (χ4v) is 4.06. The number of anilines is 1. The first-order valence-corrected chi connectivity index (χ1v) is 11.8. The Hall–Kier alpha value is -3.80. The summed E-state index contributed by atoms with van der Waals surface area (Å²) in [5.41, 5.74) is 0.794. The molecule has 1 aliphatic rings. The van der Waals surface area contributed by atoms with E-state index < -0.39 is 11.9 Å². The van der Waals surface area contributed by atoms with E-state index in [0.717, 1.165) is 11.8 Å². The van der Waals surface area contributed by atoms with Gasteiger partial charge in [0, 0.05) is 25.4 Å². The Kier molecular flexibility index (Phi) is 8.90. The number of carbonyl (C=O) groups is 4. The molecule has 1 saturated heterocycles. The van der Waals surface area contributed by atoms with Crippen LogP contribution < -0.4 is 14.8 Å². The molecule has 35 heavy (non-hydrogen) atoms. The molecule has 1 aromatic carbocycles. The van der Waals surface area contributed by atoms with Gasteiger partial charge in [-0.05, 0) is 30.7 Å². The van der Waals surface area contributed by atoms with Gasteiger partial charge in [-0.1, -0.05) is 0 Å². The van der Waals surface area contributed by atoms with Crippen LogP contribution in [0.4, 0.5) is 5.69 Å². The molecule has 3 rings (SSSR count). The molecule has 11 nitrogen and oxygen atoms in total. The molecule has 1 aliphatic heterocycles. The quantitative estimate of drug-likeness (QED) is 0.511. The minimum atomic E-state index is -0.555. The molecule has 2 heterocycles. The number of rotatable bonds is 9. The molecule has 0 aliphatic carbocycles. The van der Waals surface area contributed by atoms with E-state index in [4.69, 9.17) is 9.47 Å². The summed E-state index contributed by atoms with van der Waals surface area (Å²) in [6.45, 7) is 0.754. The molecule has 0 bridgehead atoms. The van der Waals surface area contributed by atoms with Gasteiger partial charge in [0.15, 0.2) is 0 Å². The molecule has 0 saturated carbocycles. The van der Waals surface area contributed by atoms with E-state index in [1.54, 1.807) is 18.2 Å². The van der Waals surface area contributed by atoms with E-state index in [2.05, 4.69) is 15.0 Å². The Balaban J connectivity index is 1.53. The van der Waals surface area contributed by atoms with Crippen LogP contribution in [0.15, 0.2) is 36.5 Å². The number of hydrogen-bond donors (Lipinski definition) is 1. The number of amides is 3. The normalized spacial score (nSPS) is 12.8. The molecular weight excluding hydrogens is 476 g/mol. The molecule has 186 valence electrons. The fourth-order valence-electron chi connectivity index (χ4n) is 3.38. The zero-order valence-corrected chi connectivity index (χ0v) is 20.4. The summed E-state index contributed by atoms with van der Waals surface area (Å²) in [6, 6.07) is 7.91. The number of esters is 1. The highest BCUT2D eigenvalue weighted by Gasteiger charge is 2.32. The van der Waals surface area contributed by atoms with Gasteiger partial charge in [0.25, 0.3) is 11.8 Å². The summed E-state index contributed by atoms with van der Waals surface area (Å²) in [7, 11) is 4.28. The van der Waals surface area contributed by atoms with Crippen LogP contribution in [0.1, 0.15) is 27.3 Å². The second-order valence-corrected chi connectivity index (χ2v) is 8.32. The third-order valence-corrected chi connectivity index (χ3v) is 6.01. The number of carbonyl (C=O) groups excluding carboxylic acids is 4. The summed E-state index contributed by atoms with van der Waals surface area (Å²) in [6.07, 6.45) is 1.88. The van der Waals surface area contributed by atoms with Crippen LogP contribution >= 0.6 is 11.8 Å². The molecule has 2 aromatic rings. The summed E-state index contributed by atoms with van der Waals surface area (Å²) >= 11 is 1.14. The van der Waals surface area contributed by atoms with Crippen molar-refractivity contribution in [1.29, 1.82) is 0 Å². The van der Waals surface area contributed by atoms with Gasteiger partial charge >= 0.3 is 5.97 Å². The maximum atomic E-state index is 12.9. The minimum absolute atomic E-state index is 0.0150. The van der Waals surface area contributed by atoms with Gasteiger partial charge in [-0.25, -0.2) is 9.80 Å². The number of thioether (sulfide) groups is 1. The van der Waals surface area contributed by atoms with Crippen molar-refractivity contribution in [2.45, 2.75) is 6.42 Å². The van der Waals surface area contributed by atoms with E-state index in [-0.39, 0.29) is 34.6 Å². The Morgan fingerprint density at radius 2 is 1.77 bits per heavy atom. The standard InChI is InChI=1S/C23H26N4O7S/c1-32-16-6-8-19(33-2)18(11-16)25-20(28)13-35-14-21(29)26-9-4-10-27(26)22(30)17-7-5-15(12-24-17)23(31)34-3/h5-8,11-12H,4,9-10,13-14H2,1-3H3,(H,25,28). The van der Waals surface area contributed by atoms with Gasteiger partial charge in [-0.3, -0.25) is 24.4 Å². The van der Waals surface area contributed by atoms with Crippen LogP contribution in [0.3, 0.4) is 0 Å². The minimum Gasteiger partial charge on any atom is -0.497 e. The Morgan fingerprint density at radius 1 is 1.00 bits per heavy atom. The maximum absolute atomic E-state index is 12.9. The molecule has 12 heteroatoms. The number of aromatic nitrogens is 1. The first-order valence-electron chi connectivity index (χ1n) is 10.6. The highest BCUT2D eigenvalue weighted by molar-refractivity contribution is 8.00. The van der Waals surface area contributed by atoms with Gasteiger partial charge < -0.3 is 19.5 Å². The first-order chi connectivity index (χ1) is 16.9. The van der Waals surface area contributed by atoms with Crippen LogP contribution in [0.2, 0.25) is 0 Å². The molecule has 0 radical (unpaired) electrons. The smallest absolute Gasteiger partial charge is 0.339 e. The van der Waals surface area contributed by atoms with Crippen molar-refractivity contribution in [1.82, 2.24) is 15.0 Å². The van der Waals surface area contributed by atoms with Gasteiger partial charge in [0.05, 0.1) is 44.1 Å². The zero-order valence-electron chi connectivity index (χ0n) is 19.6. The molecule has 0 atom stereocenters. The summed E-state index contributed by atoms with van der Waals surface area (Å²) < 4.78 is 15.0. The number of hydrogen-bond acceptors (Lipinski definition) is 9. The van der Waals surface area contributed by atoms with E-state index in [0.29, 0.717) is 36.7 Å². The Labute approximate surface area is 206 Å². The molecule has 1 aromatic heterocycles. The number of hydrazine groups is 1. The van der Waals surface area contributed by atoms with Crippen molar-refractivity contribution >= 4 is 41.1 Å². The predicted molar refractivity (Wildman–Crippen MR) is 128 cm³/mol. The van der Waals surface area contributed by atoms with Crippen molar-refractivity contribution in [2.75, 3.05) is 51.2 Å². The van der Waals surface area contributed by atoms with Gasteiger partial charge in [-0.2, -0.15) is 0 Å². The predicted octanol–water partition coefficient (Wildman–Crippen LogP) is 1.85. The highest BCUT2D eigenvalue weighted by atomic mass is 32.2. The first kappa shape index (κ1) is 25.8. The third kappa shape index (κ3) is 6.41. The molecule has 0 unspecified atom stereocenters. The van der Waals surface area contributed by atoms with E-state index in [1.165, 1.54) is 49.7 Å². The monoisotopic (exact) mass is 502 g/mol. The largest absolute Gasteiger partial charge is 0.497 e. The van der Waals surface area contributed by atoms with E-state index >= 15 is 0 Å². The SMILES string of the molecule is COC(=O)c1ccc(C(=O)N2CCCN2C(=O)CSCC(=O)Nc2cc(OC)ccc2OC)nc1. The second-order valence-electron chi connectivity index (χ2n) is 7.33. The number of ether oxygens (including phenoxy) is 3. The molecular formula is C23H26N4O7S. The number of nitrogens with zero attached hydrogens (tertiary/aromatic N) is 3. The lowest BCUT2D eigenvalue weighted by Crippen LogP contribution is -2.46. The molecule has 1 fully saturated rings. The number of pyridine rings is 1. The van der Waals surface area contributed by atoms with Crippen LogP contribution in [0, 0.1) is 0 Å². The van der Waals surface area contributed by atoms with Gasteiger partial charge in [-0.15, -0.1) is 11.8 Å². The average Bonchev–Trinajstić information content (AvgIpc) is 3.38. The van der Waals surface area contributed by atoms with Crippen molar-refractivity contribution < 1.29 is 33.4 Å². The van der Waals surface area contributed by atoms with Crippen molar-refractivity contribution in [3.05, 3.63) is 47.8 Å². The third-order valence-electron chi connectivity index (χ3n) is 5.10. The van der Waals surface area contributed by atoms with Gasteiger partial charge in [0.2, 0.25) is 5.91 Å². The van der Waals surface area contributed by atoms with Gasteiger partial charge in [0.1, 0.15) is 17.2 Å². The Bertz CT molecular complexity index is 1090. The van der Waals surface area contributed by atoms with E-state index in [1.807, 2.05) is 0 Å². The van der Waals surface area contributed by atoms with Crippen LogP contribution in [0.25, 0.3) is 0 Å². The van der Waals surface area contributed by atoms with Crippen LogP contribution in [-0.4, -0.2) is 84.6 Å². The number of nitrogens with one attached hydrogen (secondary N) is 1. The number of benzene rings is 1. The lowest BCUT2D eigenvalue weighted by atomic mass is 10.2. The highest BCUT2D eigenvalue weighted by Crippen LogP contribution is 2.29. The zero-order chi connectivity index (χ0) is 25.4. The molecule has 1 N–H and O–H groups in total. The van der Waals surface area contributed by atoms with E-state index in [9.17, 15) is 19.2 Å². The Morgan fingerprint density at radius 3 is 2.43 bits per heavy atom. The summed E-state index contributed by atoms with van der Waals surface area (Å²) in [5.74, 6) is -0.499. The van der Waals surface area contributed by atoms with Crippen molar-refractivity contribution in [2.24, 2.45) is 0 Å². The maximum Gasteiger partial charge on any atom is 0.339 e. The summed E-state index contributed by atoms with van der Waals surface area (Å²) in [4.78, 5) is 53.6. The van der Waals surface area contributed by atoms with Crippen molar-refractivity contribution in [3.63, 3.8) is 0 Å². The fraction of sp³-hybridized carbons (Fsp3) is 0.348.